The van der Waals surface area contributed by atoms with Gasteiger partial charge in [-0.1, -0.05) is 12.0 Å². The van der Waals surface area contributed by atoms with Crippen LogP contribution in [0.2, 0.25) is 0 Å². The Kier molecular flexibility index (Phi) is 6.65. The second kappa shape index (κ2) is 9.15. The average molecular weight is 354 g/mol. The SMILES string of the molecule is C#C[C@H](CC(=O)OC)NC(=O)c1cccc(Oc2cc(CN)ncn2)c1. The van der Waals surface area contributed by atoms with Crippen molar-refractivity contribution in [2.24, 2.45) is 5.73 Å². The fourth-order valence-corrected chi connectivity index (χ4v) is 2.01. The van der Waals surface area contributed by atoms with Crippen LogP contribution in [0.1, 0.15) is 22.5 Å². The monoisotopic (exact) mass is 354 g/mol. The van der Waals surface area contributed by atoms with Gasteiger partial charge in [0, 0.05) is 18.2 Å². The van der Waals surface area contributed by atoms with E-state index in [1.54, 1.807) is 24.3 Å². The molecule has 0 spiro atoms. The summed E-state index contributed by atoms with van der Waals surface area (Å²) in [5.41, 5.74) is 6.48. The summed E-state index contributed by atoms with van der Waals surface area (Å²) in [5.74, 6) is 2.11. The summed E-state index contributed by atoms with van der Waals surface area (Å²) in [7, 11) is 1.25. The van der Waals surface area contributed by atoms with Gasteiger partial charge in [0.05, 0.1) is 19.2 Å². The van der Waals surface area contributed by atoms with Crippen LogP contribution in [0.5, 0.6) is 11.6 Å². The molecule has 0 aliphatic heterocycles. The molecule has 1 amide bonds. The second-order valence-corrected chi connectivity index (χ2v) is 5.15. The molecule has 26 heavy (non-hydrogen) atoms. The Morgan fingerprint density at radius 1 is 1.35 bits per heavy atom. The number of carbonyl (C=O) groups excluding carboxylic acids is 2. The van der Waals surface area contributed by atoms with Crippen LogP contribution in [-0.4, -0.2) is 35.0 Å². The van der Waals surface area contributed by atoms with E-state index in [1.807, 2.05) is 0 Å². The van der Waals surface area contributed by atoms with E-state index in [4.69, 9.17) is 16.9 Å². The lowest BCUT2D eigenvalue weighted by atomic mass is 10.1. The molecule has 0 saturated heterocycles. The molecule has 8 heteroatoms. The first-order valence-electron chi connectivity index (χ1n) is 7.68. The van der Waals surface area contributed by atoms with Gasteiger partial charge in [-0.2, -0.15) is 0 Å². The van der Waals surface area contributed by atoms with Crippen LogP contribution in [0.15, 0.2) is 36.7 Å². The topological polar surface area (TPSA) is 116 Å². The summed E-state index contributed by atoms with van der Waals surface area (Å²) in [5, 5.41) is 2.58. The molecule has 1 atom stereocenters. The Hall–Kier alpha value is -3.44. The van der Waals surface area contributed by atoms with Crippen molar-refractivity contribution < 1.29 is 19.1 Å². The third-order valence-electron chi connectivity index (χ3n) is 3.33. The van der Waals surface area contributed by atoms with Gasteiger partial charge < -0.3 is 20.5 Å². The number of amides is 1. The molecule has 0 aliphatic rings. The lowest BCUT2D eigenvalue weighted by Gasteiger charge is -2.12. The first-order valence-corrected chi connectivity index (χ1v) is 7.68. The van der Waals surface area contributed by atoms with Crippen molar-refractivity contribution in [1.82, 2.24) is 15.3 Å². The number of benzene rings is 1. The lowest BCUT2D eigenvalue weighted by Crippen LogP contribution is -2.35. The molecule has 2 aromatic rings. The number of aromatic nitrogens is 2. The molecule has 1 aromatic heterocycles. The molecule has 0 aliphatic carbocycles. The number of nitrogens with one attached hydrogen (secondary N) is 1. The highest BCUT2D eigenvalue weighted by Gasteiger charge is 2.16. The van der Waals surface area contributed by atoms with Crippen LogP contribution in [0, 0.1) is 12.3 Å². The minimum absolute atomic E-state index is 0.113. The standard InChI is InChI=1S/C18H18N4O4/c1-3-13(9-17(23)25-2)22-18(24)12-5-4-6-15(7-12)26-16-8-14(10-19)20-11-21-16/h1,4-8,11,13H,9-10,19H2,2H3,(H,22,24)/t13-/m1/s1. The van der Waals surface area contributed by atoms with Gasteiger partial charge in [-0.05, 0) is 18.2 Å². The van der Waals surface area contributed by atoms with Crippen LogP contribution in [0.25, 0.3) is 0 Å². The van der Waals surface area contributed by atoms with Gasteiger partial charge >= 0.3 is 5.97 Å². The minimum Gasteiger partial charge on any atom is -0.469 e. The van der Waals surface area contributed by atoms with E-state index >= 15 is 0 Å². The zero-order chi connectivity index (χ0) is 18.9. The maximum absolute atomic E-state index is 12.3. The zero-order valence-electron chi connectivity index (χ0n) is 14.1. The summed E-state index contributed by atoms with van der Waals surface area (Å²) in [6.45, 7) is 0.259. The van der Waals surface area contributed by atoms with Crippen molar-refractivity contribution in [3.05, 3.63) is 47.9 Å². The van der Waals surface area contributed by atoms with E-state index in [9.17, 15) is 9.59 Å². The molecule has 0 fully saturated rings. The number of hydrogen-bond donors (Lipinski definition) is 2. The van der Waals surface area contributed by atoms with Crippen LogP contribution >= 0.6 is 0 Å². The summed E-state index contributed by atoms with van der Waals surface area (Å²) in [6.07, 6.45) is 6.57. The molecule has 1 heterocycles. The summed E-state index contributed by atoms with van der Waals surface area (Å²) < 4.78 is 10.2. The van der Waals surface area contributed by atoms with Crippen LogP contribution in [0.4, 0.5) is 0 Å². The highest BCUT2D eigenvalue weighted by atomic mass is 16.5. The summed E-state index contributed by atoms with van der Waals surface area (Å²) in [4.78, 5) is 31.6. The number of ether oxygens (including phenoxy) is 2. The van der Waals surface area contributed by atoms with Crippen molar-refractivity contribution in [3.8, 4) is 24.0 Å². The predicted octanol–water partition coefficient (Wildman–Crippen LogP) is 1.02. The van der Waals surface area contributed by atoms with E-state index < -0.39 is 17.9 Å². The predicted molar refractivity (Wildman–Crippen MR) is 93.2 cm³/mol. The van der Waals surface area contributed by atoms with Gasteiger partial charge in [-0.3, -0.25) is 9.59 Å². The minimum atomic E-state index is -0.770. The molecule has 2 rings (SSSR count). The first kappa shape index (κ1) is 18.9. The van der Waals surface area contributed by atoms with Crippen molar-refractivity contribution in [2.75, 3.05) is 7.11 Å². The molecular weight excluding hydrogens is 336 g/mol. The van der Waals surface area contributed by atoms with Crippen LogP contribution in [0.3, 0.4) is 0 Å². The second-order valence-electron chi connectivity index (χ2n) is 5.15. The molecule has 8 nitrogen and oxygen atoms in total. The molecular formula is C18H18N4O4. The quantitative estimate of drug-likeness (QED) is 0.563. The van der Waals surface area contributed by atoms with E-state index in [2.05, 4.69) is 25.9 Å². The maximum atomic E-state index is 12.3. The van der Waals surface area contributed by atoms with Gasteiger partial charge in [-0.15, -0.1) is 6.42 Å². The first-order chi connectivity index (χ1) is 12.5. The van der Waals surface area contributed by atoms with Gasteiger partial charge in [0.1, 0.15) is 18.1 Å². The van der Waals surface area contributed by atoms with E-state index in [0.717, 1.165) is 0 Å². The summed E-state index contributed by atoms with van der Waals surface area (Å²) >= 11 is 0. The molecule has 0 radical (unpaired) electrons. The van der Waals surface area contributed by atoms with E-state index in [1.165, 1.54) is 19.5 Å². The Labute approximate surface area is 150 Å². The van der Waals surface area contributed by atoms with Gasteiger partial charge in [0.25, 0.3) is 5.91 Å². The smallest absolute Gasteiger partial charge is 0.308 e. The average Bonchev–Trinajstić information content (AvgIpc) is 2.67. The number of carbonyl (C=O) groups is 2. The van der Waals surface area contributed by atoms with Gasteiger partial charge in [0.2, 0.25) is 5.88 Å². The van der Waals surface area contributed by atoms with Crippen molar-refractivity contribution >= 4 is 11.9 Å². The molecule has 0 unspecified atom stereocenters. The van der Waals surface area contributed by atoms with Gasteiger partial charge in [-0.25, -0.2) is 9.97 Å². The largest absolute Gasteiger partial charge is 0.469 e. The Bertz CT molecular complexity index is 832. The molecule has 0 saturated carbocycles. The Balaban J connectivity index is 2.08. The molecule has 134 valence electrons. The maximum Gasteiger partial charge on any atom is 0.308 e. The van der Waals surface area contributed by atoms with Crippen molar-refractivity contribution in [2.45, 2.75) is 19.0 Å². The Morgan fingerprint density at radius 3 is 2.85 bits per heavy atom. The van der Waals surface area contributed by atoms with Gasteiger partial charge in [0.15, 0.2) is 0 Å². The normalized spacial score (nSPS) is 11.1. The molecule has 1 aromatic carbocycles. The molecule has 0 bridgehead atoms. The fraction of sp³-hybridized carbons (Fsp3) is 0.222. The van der Waals surface area contributed by atoms with Crippen molar-refractivity contribution in [1.29, 1.82) is 0 Å². The molecule has 3 N–H and O–H groups in total. The van der Waals surface area contributed by atoms with Crippen molar-refractivity contribution in [3.63, 3.8) is 0 Å². The highest BCUT2D eigenvalue weighted by molar-refractivity contribution is 5.95. The number of nitrogens with zero attached hydrogens (tertiary/aromatic N) is 2. The van der Waals surface area contributed by atoms with E-state index in [-0.39, 0.29) is 13.0 Å². The zero-order valence-corrected chi connectivity index (χ0v) is 14.1. The third kappa shape index (κ3) is 5.29. The third-order valence-corrected chi connectivity index (χ3v) is 3.33. The highest BCUT2D eigenvalue weighted by Crippen LogP contribution is 2.20. The number of nitrogens with two attached hydrogens (primary N) is 1. The summed E-state index contributed by atoms with van der Waals surface area (Å²) in [6, 6.07) is 7.30. The van der Waals surface area contributed by atoms with Crippen LogP contribution in [-0.2, 0) is 16.1 Å². The number of hydrogen-bond acceptors (Lipinski definition) is 7. The van der Waals surface area contributed by atoms with E-state index in [0.29, 0.717) is 22.9 Å². The number of esters is 1. The fourth-order valence-electron chi connectivity index (χ4n) is 2.01. The lowest BCUT2D eigenvalue weighted by molar-refractivity contribution is -0.140. The number of rotatable bonds is 7. The van der Waals surface area contributed by atoms with Crippen LogP contribution < -0.4 is 15.8 Å². The Morgan fingerprint density at radius 2 is 2.15 bits per heavy atom. The number of methoxy groups -OCH3 is 1. The number of terminal acetylenes is 1.